The molecular formula is C18H26O2. The highest BCUT2D eigenvalue weighted by Gasteiger charge is 1.99. The summed E-state index contributed by atoms with van der Waals surface area (Å²) in [7, 11) is 0. The molecule has 0 N–H and O–H groups in total. The first-order valence-corrected chi connectivity index (χ1v) is 7.28. The van der Waals surface area contributed by atoms with Crippen molar-refractivity contribution in [3.05, 3.63) is 47.7 Å². The van der Waals surface area contributed by atoms with Crippen molar-refractivity contribution < 1.29 is 9.47 Å². The Balaban J connectivity index is 2.56. The fraction of sp³-hybridized carbons (Fsp3) is 0.444. The summed E-state index contributed by atoms with van der Waals surface area (Å²) in [6, 6.07) is 8.51. The molecule has 0 atom stereocenters. The van der Waals surface area contributed by atoms with Gasteiger partial charge in [0.2, 0.25) is 0 Å². The summed E-state index contributed by atoms with van der Waals surface area (Å²) in [6.07, 6.45) is 4.99. The lowest BCUT2D eigenvalue weighted by atomic mass is 10.0. The first kappa shape index (κ1) is 16.5. The van der Waals surface area contributed by atoms with Crippen molar-refractivity contribution in [3.8, 4) is 0 Å². The standard InChI is InChI=1S/C18H26O2/c1-5-10-19-11-12-20-14-16(4)18-9-7-8-17(13-18)15(3)6-2/h6-9,13-14H,5,10-12H2,1-4H3/b15-6+,16-14+. The molecule has 1 aromatic rings. The summed E-state index contributed by atoms with van der Waals surface area (Å²) in [6.45, 7) is 10.4. The summed E-state index contributed by atoms with van der Waals surface area (Å²) in [5, 5.41) is 0. The van der Waals surface area contributed by atoms with Gasteiger partial charge in [-0.3, -0.25) is 0 Å². The van der Waals surface area contributed by atoms with Gasteiger partial charge >= 0.3 is 0 Å². The van der Waals surface area contributed by atoms with E-state index in [0.29, 0.717) is 13.2 Å². The van der Waals surface area contributed by atoms with Crippen LogP contribution in [0.5, 0.6) is 0 Å². The van der Waals surface area contributed by atoms with Crippen LogP contribution in [0.4, 0.5) is 0 Å². The van der Waals surface area contributed by atoms with Crippen LogP contribution in [-0.4, -0.2) is 19.8 Å². The van der Waals surface area contributed by atoms with Crippen LogP contribution in [0.3, 0.4) is 0 Å². The molecule has 0 amide bonds. The lowest BCUT2D eigenvalue weighted by molar-refractivity contribution is 0.0856. The topological polar surface area (TPSA) is 18.5 Å². The van der Waals surface area contributed by atoms with E-state index in [9.17, 15) is 0 Å². The number of allylic oxidation sites excluding steroid dienone is 3. The van der Waals surface area contributed by atoms with Gasteiger partial charge in [0.1, 0.15) is 6.61 Å². The van der Waals surface area contributed by atoms with Gasteiger partial charge in [0, 0.05) is 6.61 Å². The zero-order chi connectivity index (χ0) is 14.8. The molecule has 0 unspecified atom stereocenters. The van der Waals surface area contributed by atoms with Gasteiger partial charge in [-0.05, 0) is 55.5 Å². The summed E-state index contributed by atoms with van der Waals surface area (Å²) in [4.78, 5) is 0. The van der Waals surface area contributed by atoms with Gasteiger partial charge in [0.25, 0.3) is 0 Å². The maximum Gasteiger partial charge on any atom is 0.111 e. The monoisotopic (exact) mass is 274 g/mol. The molecule has 2 nitrogen and oxygen atoms in total. The third-order valence-electron chi connectivity index (χ3n) is 3.16. The van der Waals surface area contributed by atoms with Crippen molar-refractivity contribution in [3.63, 3.8) is 0 Å². The average molecular weight is 274 g/mol. The van der Waals surface area contributed by atoms with Crippen molar-refractivity contribution in [2.45, 2.75) is 34.1 Å². The van der Waals surface area contributed by atoms with Gasteiger partial charge in [-0.25, -0.2) is 0 Å². The molecule has 0 fully saturated rings. The number of benzene rings is 1. The Kier molecular flexibility index (Phi) is 7.74. The minimum absolute atomic E-state index is 0.602. The van der Waals surface area contributed by atoms with E-state index >= 15 is 0 Å². The Morgan fingerprint density at radius 3 is 2.40 bits per heavy atom. The predicted octanol–water partition coefficient (Wildman–Crippen LogP) is 4.91. The molecule has 1 aromatic carbocycles. The van der Waals surface area contributed by atoms with Gasteiger partial charge in [-0.2, -0.15) is 0 Å². The summed E-state index contributed by atoms with van der Waals surface area (Å²) < 4.78 is 10.9. The quantitative estimate of drug-likeness (QED) is 0.495. The summed E-state index contributed by atoms with van der Waals surface area (Å²) in [5.74, 6) is 0. The Morgan fingerprint density at radius 1 is 1.05 bits per heavy atom. The van der Waals surface area contributed by atoms with E-state index in [1.807, 2.05) is 6.26 Å². The number of hydrogen-bond acceptors (Lipinski definition) is 2. The van der Waals surface area contributed by atoms with Crippen LogP contribution in [0, 0.1) is 0 Å². The molecular weight excluding hydrogens is 248 g/mol. The van der Waals surface area contributed by atoms with Crippen LogP contribution in [0.2, 0.25) is 0 Å². The Labute approximate surface area is 123 Å². The van der Waals surface area contributed by atoms with Crippen LogP contribution >= 0.6 is 0 Å². The zero-order valence-electron chi connectivity index (χ0n) is 13.1. The van der Waals surface area contributed by atoms with E-state index < -0.39 is 0 Å². The molecule has 0 saturated carbocycles. The molecule has 0 radical (unpaired) electrons. The van der Waals surface area contributed by atoms with E-state index in [2.05, 4.69) is 58.0 Å². The highest BCUT2D eigenvalue weighted by atomic mass is 16.5. The average Bonchev–Trinajstić information content (AvgIpc) is 2.49. The van der Waals surface area contributed by atoms with Gasteiger partial charge < -0.3 is 9.47 Å². The fourth-order valence-electron chi connectivity index (χ4n) is 1.78. The van der Waals surface area contributed by atoms with Gasteiger partial charge in [-0.15, -0.1) is 0 Å². The smallest absolute Gasteiger partial charge is 0.111 e. The first-order chi connectivity index (χ1) is 9.69. The second-order valence-corrected chi connectivity index (χ2v) is 4.84. The van der Waals surface area contributed by atoms with E-state index in [0.717, 1.165) is 18.6 Å². The molecule has 0 aliphatic carbocycles. The highest BCUT2D eigenvalue weighted by Crippen LogP contribution is 2.20. The summed E-state index contributed by atoms with van der Waals surface area (Å²) >= 11 is 0. The Hall–Kier alpha value is -1.54. The minimum Gasteiger partial charge on any atom is -0.498 e. The van der Waals surface area contributed by atoms with Crippen LogP contribution in [-0.2, 0) is 9.47 Å². The number of ether oxygens (including phenoxy) is 2. The number of rotatable bonds is 8. The van der Waals surface area contributed by atoms with Crippen molar-refractivity contribution in [2.75, 3.05) is 19.8 Å². The molecule has 110 valence electrons. The van der Waals surface area contributed by atoms with Crippen LogP contribution in [0.1, 0.15) is 45.2 Å². The molecule has 0 heterocycles. The van der Waals surface area contributed by atoms with Gasteiger partial charge in [0.15, 0.2) is 0 Å². The summed E-state index contributed by atoms with van der Waals surface area (Å²) in [5.41, 5.74) is 4.86. The molecule has 0 aliphatic heterocycles. The molecule has 2 heteroatoms. The molecule has 0 aliphatic rings. The van der Waals surface area contributed by atoms with Crippen LogP contribution in [0.15, 0.2) is 36.6 Å². The predicted molar refractivity (Wildman–Crippen MR) is 86.5 cm³/mol. The van der Waals surface area contributed by atoms with Crippen molar-refractivity contribution >= 4 is 11.1 Å². The van der Waals surface area contributed by atoms with Crippen molar-refractivity contribution in [2.24, 2.45) is 0 Å². The molecule has 20 heavy (non-hydrogen) atoms. The molecule has 0 aromatic heterocycles. The minimum atomic E-state index is 0.602. The Bertz CT molecular complexity index is 458. The highest BCUT2D eigenvalue weighted by molar-refractivity contribution is 5.70. The normalized spacial score (nSPS) is 12.6. The maximum absolute atomic E-state index is 5.52. The number of hydrogen-bond donors (Lipinski definition) is 0. The molecule has 0 saturated heterocycles. The third-order valence-corrected chi connectivity index (χ3v) is 3.16. The molecule has 0 spiro atoms. The fourth-order valence-corrected chi connectivity index (χ4v) is 1.78. The second kappa shape index (κ2) is 9.38. The van der Waals surface area contributed by atoms with E-state index in [4.69, 9.17) is 9.47 Å². The maximum atomic E-state index is 5.52. The van der Waals surface area contributed by atoms with Crippen LogP contribution < -0.4 is 0 Å². The molecule has 1 rings (SSSR count). The van der Waals surface area contributed by atoms with E-state index in [1.165, 1.54) is 16.7 Å². The Morgan fingerprint density at radius 2 is 1.75 bits per heavy atom. The van der Waals surface area contributed by atoms with Gasteiger partial charge in [-0.1, -0.05) is 31.2 Å². The first-order valence-electron chi connectivity index (χ1n) is 7.28. The largest absolute Gasteiger partial charge is 0.498 e. The third kappa shape index (κ3) is 5.62. The van der Waals surface area contributed by atoms with E-state index in [1.54, 1.807) is 0 Å². The SMILES string of the molecule is C/C=C(\C)c1cccc(/C(C)=C/OCCOCCC)c1. The van der Waals surface area contributed by atoms with Crippen LogP contribution in [0.25, 0.3) is 11.1 Å². The van der Waals surface area contributed by atoms with Crippen molar-refractivity contribution in [1.29, 1.82) is 0 Å². The lowest BCUT2D eigenvalue weighted by Gasteiger charge is -2.07. The zero-order valence-corrected chi connectivity index (χ0v) is 13.1. The van der Waals surface area contributed by atoms with Crippen molar-refractivity contribution in [1.82, 2.24) is 0 Å². The van der Waals surface area contributed by atoms with Gasteiger partial charge in [0.05, 0.1) is 12.9 Å². The lowest BCUT2D eigenvalue weighted by Crippen LogP contribution is -2.02. The van der Waals surface area contributed by atoms with E-state index in [-0.39, 0.29) is 0 Å². The second-order valence-electron chi connectivity index (χ2n) is 4.84. The molecule has 0 bridgehead atoms.